The minimum Gasteiger partial charge on any atom is -0.443 e. The Hall–Kier alpha value is -2.49. The molecule has 1 heterocycles. The summed E-state index contributed by atoms with van der Waals surface area (Å²) in [7, 11) is 1.14. The molecule has 11 heteroatoms. The van der Waals surface area contributed by atoms with Crippen LogP contribution in [0.2, 0.25) is 0 Å². The molecule has 2 aromatic rings. The fourth-order valence-corrected chi connectivity index (χ4v) is 2.03. The number of aromatic nitrogens is 2. The van der Waals surface area contributed by atoms with Crippen LogP contribution in [0.1, 0.15) is 5.56 Å². The van der Waals surface area contributed by atoms with Gasteiger partial charge in [0.1, 0.15) is 17.1 Å². The van der Waals surface area contributed by atoms with Crippen LogP contribution >= 0.6 is 22.6 Å². The van der Waals surface area contributed by atoms with Crippen molar-refractivity contribution in [1.82, 2.24) is 9.97 Å². The van der Waals surface area contributed by atoms with Crippen LogP contribution in [0.15, 0.2) is 11.1 Å². The zero-order valence-electron chi connectivity index (χ0n) is 12.1. The van der Waals surface area contributed by atoms with Crippen LogP contribution in [-0.2, 0) is 14.2 Å². The first-order valence-corrected chi connectivity index (χ1v) is 7.77. The predicted octanol–water partition coefficient (Wildman–Crippen LogP) is 2.93. The number of benzene rings is 1. The first-order valence-electron chi connectivity index (χ1n) is 6.25. The average Bonchev–Trinajstić information content (AvgIpc) is 3.01. The van der Waals surface area contributed by atoms with Crippen LogP contribution in [0.3, 0.4) is 0 Å². The van der Waals surface area contributed by atoms with Crippen LogP contribution in [0, 0.1) is 23.0 Å². The molecule has 0 aliphatic heterocycles. The Morgan fingerprint density at radius 1 is 1.50 bits per heavy atom. The van der Waals surface area contributed by atoms with Gasteiger partial charge in [0, 0.05) is 0 Å². The van der Waals surface area contributed by atoms with E-state index in [0.717, 1.165) is 13.2 Å². The summed E-state index contributed by atoms with van der Waals surface area (Å²) in [5, 5.41) is 8.76. The number of methoxy groups -OCH3 is 1. The predicted molar refractivity (Wildman–Crippen MR) is 86.1 cm³/mol. The molecule has 0 unspecified atom stereocenters. The minimum absolute atomic E-state index is 0.0971. The highest BCUT2D eigenvalue weighted by molar-refractivity contribution is 14.1. The molecule has 0 atom stereocenters. The third-order valence-electron chi connectivity index (χ3n) is 2.68. The number of carbonyl (C=O) groups excluding carboxylic acids is 1. The molecule has 1 aromatic heterocycles. The standard InChI is InChI=1S/C13H9F2IN4O4/c1-22-13(21)24-5-23-8(3-16)18-12-19-10-7(14)2-6(4-17)9(15)11(10)20-12/h2H,3,5H2,1H3,(H,19,20)/b18-8-. The van der Waals surface area contributed by atoms with E-state index in [1.165, 1.54) is 0 Å². The highest BCUT2D eigenvalue weighted by Crippen LogP contribution is 2.24. The van der Waals surface area contributed by atoms with Gasteiger partial charge in [-0.3, -0.25) is 0 Å². The van der Waals surface area contributed by atoms with Gasteiger partial charge in [-0.2, -0.15) is 10.3 Å². The van der Waals surface area contributed by atoms with Gasteiger partial charge in [0.2, 0.25) is 18.6 Å². The number of H-pyrrole nitrogens is 1. The van der Waals surface area contributed by atoms with Crippen LogP contribution in [0.4, 0.5) is 19.5 Å². The Labute approximate surface area is 147 Å². The summed E-state index contributed by atoms with van der Waals surface area (Å²) in [6.45, 7) is -0.448. The summed E-state index contributed by atoms with van der Waals surface area (Å²) in [6, 6.07) is 2.30. The number of fused-ring (bicyclic) bond motifs is 1. The number of imidazole rings is 1. The number of alkyl halides is 1. The number of rotatable bonds is 4. The van der Waals surface area contributed by atoms with Gasteiger partial charge in [0.05, 0.1) is 17.1 Å². The van der Waals surface area contributed by atoms with Gasteiger partial charge in [-0.05, 0) is 6.07 Å². The van der Waals surface area contributed by atoms with Crippen molar-refractivity contribution in [2.24, 2.45) is 4.99 Å². The second-order valence-electron chi connectivity index (χ2n) is 4.12. The molecule has 2 rings (SSSR count). The van der Waals surface area contributed by atoms with Crippen molar-refractivity contribution in [2.45, 2.75) is 0 Å². The van der Waals surface area contributed by atoms with Crippen molar-refractivity contribution < 1.29 is 27.8 Å². The lowest BCUT2D eigenvalue weighted by atomic mass is 10.2. The second-order valence-corrected chi connectivity index (χ2v) is 4.88. The van der Waals surface area contributed by atoms with Crippen LogP contribution in [0.25, 0.3) is 11.0 Å². The zero-order valence-corrected chi connectivity index (χ0v) is 14.3. The normalized spacial score (nSPS) is 11.2. The topological polar surface area (TPSA) is 110 Å². The summed E-state index contributed by atoms with van der Waals surface area (Å²) in [4.78, 5) is 21.0. The lowest BCUT2D eigenvalue weighted by molar-refractivity contribution is 0.00983. The number of nitrogens with zero attached hydrogens (tertiary/aromatic N) is 3. The number of carbonyl (C=O) groups is 1. The minimum atomic E-state index is -0.931. The molecule has 0 spiro atoms. The second kappa shape index (κ2) is 7.86. The molecule has 0 aliphatic rings. The fraction of sp³-hybridized carbons (Fsp3) is 0.231. The van der Waals surface area contributed by atoms with E-state index in [2.05, 4.69) is 24.4 Å². The Balaban J connectivity index is 2.27. The number of hydrogen-bond donors (Lipinski definition) is 1. The largest absolute Gasteiger partial charge is 0.510 e. The molecule has 0 aliphatic carbocycles. The molecule has 126 valence electrons. The SMILES string of the molecule is COC(=O)OCO/C(CI)=N\c1nc2c(F)cc(C#N)c(F)c2[nH]1. The van der Waals surface area contributed by atoms with Gasteiger partial charge in [0.25, 0.3) is 0 Å². The molecule has 0 fully saturated rings. The molecule has 1 aromatic carbocycles. The maximum atomic E-state index is 14.0. The van der Waals surface area contributed by atoms with E-state index in [4.69, 9.17) is 10.00 Å². The number of nitriles is 1. The Morgan fingerprint density at radius 3 is 2.88 bits per heavy atom. The van der Waals surface area contributed by atoms with Crippen molar-refractivity contribution >= 4 is 51.6 Å². The van der Waals surface area contributed by atoms with Crippen molar-refractivity contribution in [3.8, 4) is 6.07 Å². The van der Waals surface area contributed by atoms with E-state index in [0.29, 0.717) is 0 Å². The van der Waals surface area contributed by atoms with Gasteiger partial charge in [-0.25, -0.2) is 18.6 Å². The van der Waals surface area contributed by atoms with Gasteiger partial charge >= 0.3 is 6.16 Å². The lowest BCUT2D eigenvalue weighted by Crippen LogP contribution is -2.13. The quantitative estimate of drug-likeness (QED) is 0.192. The first-order chi connectivity index (χ1) is 11.5. The zero-order chi connectivity index (χ0) is 17.7. The summed E-state index contributed by atoms with van der Waals surface area (Å²) < 4.78 is 42.0. The highest BCUT2D eigenvalue weighted by atomic mass is 127. The number of halogens is 3. The van der Waals surface area contributed by atoms with E-state index >= 15 is 0 Å². The fourth-order valence-electron chi connectivity index (χ4n) is 1.64. The van der Waals surface area contributed by atoms with E-state index in [1.54, 1.807) is 6.07 Å². The monoisotopic (exact) mass is 450 g/mol. The molecule has 0 saturated heterocycles. The molecular weight excluding hydrogens is 441 g/mol. The Morgan fingerprint density at radius 2 is 2.25 bits per heavy atom. The van der Waals surface area contributed by atoms with Gasteiger partial charge < -0.3 is 19.2 Å². The highest BCUT2D eigenvalue weighted by Gasteiger charge is 2.17. The maximum Gasteiger partial charge on any atom is 0.510 e. The Kier molecular flexibility index (Phi) is 5.85. The van der Waals surface area contributed by atoms with Crippen LogP contribution in [-0.4, -0.2) is 40.4 Å². The number of nitrogens with one attached hydrogen (secondary N) is 1. The number of aromatic amines is 1. The molecular formula is C13H9F2IN4O4. The van der Waals surface area contributed by atoms with Crippen LogP contribution in [0.5, 0.6) is 0 Å². The van der Waals surface area contributed by atoms with Gasteiger partial charge in [-0.15, -0.1) is 0 Å². The van der Waals surface area contributed by atoms with Crippen molar-refractivity contribution in [3.05, 3.63) is 23.3 Å². The number of ether oxygens (including phenoxy) is 3. The first kappa shape index (κ1) is 17.9. The van der Waals surface area contributed by atoms with E-state index < -0.39 is 30.1 Å². The number of aliphatic imine (C=N–C) groups is 1. The molecule has 0 amide bonds. The van der Waals surface area contributed by atoms with E-state index in [9.17, 15) is 13.6 Å². The molecule has 0 saturated carbocycles. The Bertz CT molecular complexity index is 847. The van der Waals surface area contributed by atoms with Gasteiger partial charge in [-0.1, -0.05) is 22.6 Å². The molecule has 8 nitrogen and oxygen atoms in total. The van der Waals surface area contributed by atoms with Crippen LogP contribution < -0.4 is 0 Å². The van der Waals surface area contributed by atoms with Crippen molar-refractivity contribution in [1.29, 1.82) is 5.26 Å². The summed E-state index contributed by atoms with van der Waals surface area (Å²) >= 11 is 1.93. The summed E-state index contributed by atoms with van der Waals surface area (Å²) in [5.74, 6) is -1.80. The smallest absolute Gasteiger partial charge is 0.443 e. The summed E-state index contributed by atoms with van der Waals surface area (Å²) in [6.07, 6.45) is -0.931. The van der Waals surface area contributed by atoms with Gasteiger partial charge in [0.15, 0.2) is 11.6 Å². The van der Waals surface area contributed by atoms with Crippen molar-refractivity contribution in [2.75, 3.05) is 18.3 Å². The molecule has 0 radical (unpaired) electrons. The third-order valence-corrected chi connectivity index (χ3v) is 3.33. The average molecular weight is 450 g/mol. The number of hydrogen-bond acceptors (Lipinski definition) is 7. The molecule has 0 bridgehead atoms. The lowest BCUT2D eigenvalue weighted by Gasteiger charge is -2.06. The molecule has 24 heavy (non-hydrogen) atoms. The van der Waals surface area contributed by atoms with E-state index in [1.807, 2.05) is 22.6 Å². The molecule has 1 N–H and O–H groups in total. The van der Waals surface area contributed by atoms with E-state index in [-0.39, 0.29) is 27.3 Å². The maximum absolute atomic E-state index is 14.0. The third kappa shape index (κ3) is 3.88. The van der Waals surface area contributed by atoms with Crippen molar-refractivity contribution in [3.63, 3.8) is 0 Å². The summed E-state index contributed by atoms with van der Waals surface area (Å²) in [5.41, 5.74) is -1.01.